The lowest BCUT2D eigenvalue weighted by Gasteiger charge is -2.03. The van der Waals surface area contributed by atoms with Crippen LogP contribution in [0.15, 0.2) is 24.3 Å². The summed E-state index contributed by atoms with van der Waals surface area (Å²) in [4.78, 5) is 0. The second kappa shape index (κ2) is 5.15. The van der Waals surface area contributed by atoms with Gasteiger partial charge in [-0.05, 0) is 37.1 Å². The summed E-state index contributed by atoms with van der Waals surface area (Å²) in [6.07, 6.45) is 1.08. The first-order chi connectivity index (χ1) is 8.19. The number of rotatable bonds is 4. The lowest BCUT2D eigenvalue weighted by atomic mass is 10.1. The number of hydrogen-bond donors (Lipinski definition) is 2. The summed E-state index contributed by atoms with van der Waals surface area (Å²) in [5.74, 6) is 0. The van der Waals surface area contributed by atoms with E-state index in [2.05, 4.69) is 16.3 Å². The summed E-state index contributed by atoms with van der Waals surface area (Å²) in [7, 11) is 0. The third-order valence-electron chi connectivity index (χ3n) is 2.82. The van der Waals surface area contributed by atoms with Crippen molar-refractivity contribution in [3.8, 4) is 11.3 Å². The number of hydrogen-bond acceptors (Lipinski definition) is 2. The molecule has 0 saturated heterocycles. The second-order valence-electron chi connectivity index (χ2n) is 4.30. The number of aliphatic hydroxyl groups is 1. The molecule has 0 spiro atoms. The molecule has 0 aliphatic heterocycles. The molecule has 1 aromatic heterocycles. The number of nitrogens with zero attached hydrogens (tertiary/aromatic N) is 1. The number of aromatic amines is 1. The van der Waals surface area contributed by atoms with Crippen molar-refractivity contribution in [3.05, 3.63) is 41.6 Å². The maximum atomic E-state index is 9.57. The molecule has 2 rings (SSSR count). The van der Waals surface area contributed by atoms with Crippen LogP contribution in [0.4, 0.5) is 0 Å². The van der Waals surface area contributed by atoms with E-state index < -0.39 is 0 Å². The van der Waals surface area contributed by atoms with Crippen LogP contribution in [0.25, 0.3) is 11.3 Å². The molecule has 3 heteroatoms. The average molecular weight is 229 g/mol. The van der Waals surface area contributed by atoms with Gasteiger partial charge in [-0.2, -0.15) is 5.10 Å². The van der Waals surface area contributed by atoms with Crippen molar-refractivity contribution in [1.29, 1.82) is 0 Å². The van der Waals surface area contributed by atoms with Crippen LogP contribution in [0.1, 0.15) is 24.6 Å². The molecule has 2 N–H and O–H groups in total. The van der Waals surface area contributed by atoms with Crippen LogP contribution in [0, 0.1) is 13.0 Å². The Balaban J connectivity index is 2.15. The van der Waals surface area contributed by atoms with Gasteiger partial charge in [-0.1, -0.05) is 19.1 Å². The van der Waals surface area contributed by atoms with E-state index >= 15 is 0 Å². The minimum Gasteiger partial charge on any atom is -0.393 e. The van der Waals surface area contributed by atoms with E-state index in [4.69, 9.17) is 0 Å². The van der Waals surface area contributed by atoms with Crippen molar-refractivity contribution in [3.63, 3.8) is 0 Å². The molecule has 2 aromatic rings. The SMILES string of the molecule is CCC(O)Cc1cc(-c2c[c]c(C)cc2)n[nH]1. The van der Waals surface area contributed by atoms with Gasteiger partial charge in [0.05, 0.1) is 11.8 Å². The molecular formula is C14H17N2O. The largest absolute Gasteiger partial charge is 0.393 e. The first-order valence-electron chi connectivity index (χ1n) is 5.90. The van der Waals surface area contributed by atoms with Crippen molar-refractivity contribution in [1.82, 2.24) is 10.2 Å². The summed E-state index contributed by atoms with van der Waals surface area (Å²) in [6.45, 7) is 3.98. The Morgan fingerprint density at radius 3 is 2.94 bits per heavy atom. The highest BCUT2D eigenvalue weighted by atomic mass is 16.3. The third kappa shape index (κ3) is 2.94. The van der Waals surface area contributed by atoms with E-state index in [1.54, 1.807) is 0 Å². The number of aliphatic hydroxyl groups excluding tert-OH is 1. The molecule has 1 aromatic carbocycles. The van der Waals surface area contributed by atoms with Gasteiger partial charge in [0.15, 0.2) is 0 Å². The van der Waals surface area contributed by atoms with Gasteiger partial charge in [-0.15, -0.1) is 0 Å². The van der Waals surface area contributed by atoms with Gasteiger partial charge < -0.3 is 5.11 Å². The van der Waals surface area contributed by atoms with Crippen LogP contribution >= 0.6 is 0 Å². The van der Waals surface area contributed by atoms with Gasteiger partial charge in [0.1, 0.15) is 0 Å². The zero-order valence-electron chi connectivity index (χ0n) is 10.2. The molecule has 0 amide bonds. The molecule has 0 fully saturated rings. The number of nitrogens with one attached hydrogen (secondary N) is 1. The Kier molecular flexibility index (Phi) is 3.59. The van der Waals surface area contributed by atoms with Gasteiger partial charge in [0.25, 0.3) is 0 Å². The first kappa shape index (κ1) is 11.9. The van der Waals surface area contributed by atoms with E-state index in [1.165, 1.54) is 0 Å². The predicted molar refractivity (Wildman–Crippen MR) is 67.6 cm³/mol. The van der Waals surface area contributed by atoms with Crippen molar-refractivity contribution < 1.29 is 5.11 Å². The lowest BCUT2D eigenvalue weighted by Crippen LogP contribution is -2.08. The van der Waals surface area contributed by atoms with Gasteiger partial charge in [0.2, 0.25) is 0 Å². The van der Waals surface area contributed by atoms with Crippen LogP contribution in [0.3, 0.4) is 0 Å². The molecule has 0 aliphatic rings. The zero-order valence-corrected chi connectivity index (χ0v) is 10.2. The van der Waals surface area contributed by atoms with Crippen molar-refractivity contribution in [2.24, 2.45) is 0 Å². The van der Waals surface area contributed by atoms with Crippen LogP contribution in [-0.4, -0.2) is 21.4 Å². The fourth-order valence-electron chi connectivity index (χ4n) is 1.67. The summed E-state index contributed by atoms with van der Waals surface area (Å²) in [6, 6.07) is 11.1. The molecule has 3 nitrogen and oxygen atoms in total. The number of aryl methyl sites for hydroxylation is 1. The van der Waals surface area contributed by atoms with Gasteiger partial charge in [0, 0.05) is 17.7 Å². The molecule has 1 unspecified atom stereocenters. The smallest absolute Gasteiger partial charge is 0.0923 e. The molecule has 17 heavy (non-hydrogen) atoms. The number of aromatic nitrogens is 2. The van der Waals surface area contributed by atoms with E-state index in [0.717, 1.165) is 28.9 Å². The number of benzene rings is 1. The molecule has 0 aliphatic carbocycles. The van der Waals surface area contributed by atoms with Crippen molar-refractivity contribution >= 4 is 0 Å². The van der Waals surface area contributed by atoms with Gasteiger partial charge in [-0.25, -0.2) is 0 Å². The third-order valence-corrected chi connectivity index (χ3v) is 2.82. The van der Waals surface area contributed by atoms with Crippen molar-refractivity contribution in [2.45, 2.75) is 32.8 Å². The highest BCUT2D eigenvalue weighted by molar-refractivity contribution is 5.59. The summed E-state index contributed by atoms with van der Waals surface area (Å²) < 4.78 is 0. The monoisotopic (exact) mass is 229 g/mol. The Labute approximate surface area is 102 Å². The van der Waals surface area contributed by atoms with Crippen LogP contribution < -0.4 is 0 Å². The first-order valence-corrected chi connectivity index (χ1v) is 5.90. The Morgan fingerprint density at radius 1 is 1.47 bits per heavy atom. The fourth-order valence-corrected chi connectivity index (χ4v) is 1.67. The minimum absolute atomic E-state index is 0.298. The van der Waals surface area contributed by atoms with E-state index in [1.807, 2.05) is 38.1 Å². The maximum absolute atomic E-state index is 9.57. The maximum Gasteiger partial charge on any atom is 0.0923 e. The molecule has 1 atom stereocenters. The molecule has 0 bridgehead atoms. The van der Waals surface area contributed by atoms with Gasteiger partial charge in [-0.3, -0.25) is 5.10 Å². The molecule has 89 valence electrons. The standard InChI is InChI=1S/C14H17N2O/c1-3-13(17)8-12-9-14(16-15-12)11-6-4-10(2)5-7-11/h4,6-7,9,13,17H,3,8H2,1-2H3,(H,15,16). The fraction of sp³-hybridized carbons (Fsp3) is 0.357. The molecule has 1 heterocycles. The minimum atomic E-state index is -0.298. The van der Waals surface area contributed by atoms with Crippen LogP contribution in [0.2, 0.25) is 0 Å². The normalized spacial score (nSPS) is 12.6. The Morgan fingerprint density at radius 2 is 2.29 bits per heavy atom. The lowest BCUT2D eigenvalue weighted by molar-refractivity contribution is 0.169. The molecule has 1 radical (unpaired) electrons. The summed E-state index contributed by atoms with van der Waals surface area (Å²) in [5, 5.41) is 16.8. The quantitative estimate of drug-likeness (QED) is 0.846. The highest BCUT2D eigenvalue weighted by Crippen LogP contribution is 2.18. The van der Waals surface area contributed by atoms with E-state index in [-0.39, 0.29) is 6.10 Å². The number of H-pyrrole nitrogens is 1. The average Bonchev–Trinajstić information content (AvgIpc) is 2.78. The molecular weight excluding hydrogens is 212 g/mol. The summed E-state index contributed by atoms with van der Waals surface area (Å²) in [5.41, 5.74) is 4.03. The van der Waals surface area contributed by atoms with E-state index in [9.17, 15) is 5.11 Å². The molecule has 0 saturated carbocycles. The topological polar surface area (TPSA) is 48.9 Å². The summed E-state index contributed by atoms with van der Waals surface area (Å²) >= 11 is 0. The van der Waals surface area contributed by atoms with Gasteiger partial charge >= 0.3 is 0 Å². The van der Waals surface area contributed by atoms with Crippen molar-refractivity contribution in [2.75, 3.05) is 0 Å². The Bertz CT molecular complexity index is 473. The second-order valence-corrected chi connectivity index (χ2v) is 4.30. The van der Waals surface area contributed by atoms with Crippen LogP contribution in [-0.2, 0) is 6.42 Å². The highest BCUT2D eigenvalue weighted by Gasteiger charge is 2.07. The predicted octanol–water partition coefficient (Wildman–Crippen LogP) is 2.50. The zero-order chi connectivity index (χ0) is 12.3. The van der Waals surface area contributed by atoms with E-state index in [0.29, 0.717) is 6.42 Å². The van der Waals surface area contributed by atoms with Crippen LogP contribution in [0.5, 0.6) is 0 Å². The Hall–Kier alpha value is -1.61.